The maximum Gasteiger partial charge on any atom is 0.266 e. The van der Waals surface area contributed by atoms with Crippen LogP contribution in [0.25, 0.3) is 11.1 Å². The minimum Gasteiger partial charge on any atom is -0.381 e. The number of ether oxygens (including phenoxy) is 1. The lowest BCUT2D eigenvalue weighted by Gasteiger charge is -2.41. The van der Waals surface area contributed by atoms with Crippen molar-refractivity contribution in [3.05, 3.63) is 48.4 Å². The molecule has 4 rings (SSSR count). The molecule has 2 fully saturated rings. The molecule has 0 bridgehead atoms. The second kappa shape index (κ2) is 10.3. The van der Waals surface area contributed by atoms with E-state index in [9.17, 15) is 17.6 Å². The zero-order chi connectivity index (χ0) is 22.8. The van der Waals surface area contributed by atoms with Crippen LogP contribution in [-0.4, -0.2) is 73.0 Å². The molecule has 2 aliphatic rings. The van der Waals surface area contributed by atoms with E-state index < -0.39 is 20.7 Å². The van der Waals surface area contributed by atoms with E-state index in [0.717, 1.165) is 0 Å². The third-order valence-corrected chi connectivity index (χ3v) is 8.77. The molecule has 0 spiro atoms. The minimum atomic E-state index is -4.02. The van der Waals surface area contributed by atoms with Crippen molar-refractivity contribution in [3.8, 4) is 11.1 Å². The third-order valence-electron chi connectivity index (χ3n) is 6.14. The number of anilines is 1. The molecular weight excluding hydrogens is 475 g/mol. The summed E-state index contributed by atoms with van der Waals surface area (Å²) >= 11 is 0. The summed E-state index contributed by atoms with van der Waals surface area (Å²) in [5.74, 6) is -0.584. The van der Waals surface area contributed by atoms with Crippen LogP contribution in [0.15, 0.2) is 42.6 Å². The van der Waals surface area contributed by atoms with Gasteiger partial charge in [0.1, 0.15) is 11.6 Å². The average molecular weight is 501 g/mol. The fourth-order valence-electron chi connectivity index (χ4n) is 4.24. The molecule has 3 heterocycles. The Balaban J connectivity index is 0.00000306. The number of pyridine rings is 1. The van der Waals surface area contributed by atoms with Gasteiger partial charge in [0.2, 0.25) is 10.0 Å². The van der Waals surface area contributed by atoms with Crippen LogP contribution < -0.4 is 10.4 Å². The first-order chi connectivity index (χ1) is 15.4. The second-order valence-corrected chi connectivity index (χ2v) is 10.1. The molecule has 1 aromatic heterocycles. The summed E-state index contributed by atoms with van der Waals surface area (Å²) in [7, 11) is -4.02. The standard InChI is InChI=1S/C21H25FN4O5S.ClH/c22-18-4-2-1-3-17(18)16-5-6-19(23-15-16)25-9-11-26(12-10-25)32(29,30)21(20(27)24-28)7-13-31-14-8-21;/h1-6,15,28H,7-14H2,(H,24,27);1H. The predicted molar refractivity (Wildman–Crippen MR) is 122 cm³/mol. The summed E-state index contributed by atoms with van der Waals surface area (Å²) in [4.78, 5) is 18.7. The van der Waals surface area contributed by atoms with Crippen LogP contribution in [0.3, 0.4) is 0 Å². The minimum absolute atomic E-state index is 0. The Morgan fingerprint density at radius 2 is 1.76 bits per heavy atom. The number of carbonyl (C=O) groups is 1. The molecule has 0 radical (unpaired) electrons. The summed E-state index contributed by atoms with van der Waals surface area (Å²) in [6.45, 7) is 1.40. The van der Waals surface area contributed by atoms with Crippen molar-refractivity contribution in [1.82, 2.24) is 14.8 Å². The first-order valence-corrected chi connectivity index (χ1v) is 11.8. The lowest BCUT2D eigenvalue weighted by atomic mass is 9.98. The van der Waals surface area contributed by atoms with Crippen LogP contribution in [0.5, 0.6) is 0 Å². The second-order valence-electron chi connectivity index (χ2n) is 7.82. The van der Waals surface area contributed by atoms with Crippen LogP contribution in [0.4, 0.5) is 10.2 Å². The number of aromatic nitrogens is 1. The Labute approximate surface area is 198 Å². The Kier molecular flexibility index (Phi) is 7.91. The summed E-state index contributed by atoms with van der Waals surface area (Å²) in [5, 5.41) is 9.16. The van der Waals surface area contributed by atoms with Crippen molar-refractivity contribution in [3.63, 3.8) is 0 Å². The van der Waals surface area contributed by atoms with Gasteiger partial charge in [-0.3, -0.25) is 10.0 Å². The van der Waals surface area contributed by atoms with Crippen LogP contribution >= 0.6 is 12.4 Å². The van der Waals surface area contributed by atoms with Crippen molar-refractivity contribution in [2.24, 2.45) is 0 Å². The highest BCUT2D eigenvalue weighted by Crippen LogP contribution is 2.34. The maximum absolute atomic E-state index is 14.0. The van der Waals surface area contributed by atoms with Gasteiger partial charge in [-0.15, -0.1) is 12.4 Å². The van der Waals surface area contributed by atoms with E-state index in [2.05, 4.69) is 4.98 Å². The molecule has 2 N–H and O–H groups in total. The Morgan fingerprint density at radius 1 is 1.09 bits per heavy atom. The van der Waals surface area contributed by atoms with Gasteiger partial charge in [0.05, 0.1) is 0 Å². The van der Waals surface area contributed by atoms with Crippen LogP contribution in [-0.2, 0) is 19.6 Å². The molecule has 0 saturated carbocycles. The molecule has 0 aliphatic carbocycles. The van der Waals surface area contributed by atoms with Gasteiger partial charge in [-0.25, -0.2) is 23.3 Å². The summed E-state index contributed by atoms with van der Waals surface area (Å²) in [6, 6.07) is 10.0. The average Bonchev–Trinajstić information content (AvgIpc) is 2.84. The third kappa shape index (κ3) is 4.69. The molecule has 0 atom stereocenters. The molecule has 2 saturated heterocycles. The van der Waals surface area contributed by atoms with Gasteiger partial charge >= 0.3 is 0 Å². The largest absolute Gasteiger partial charge is 0.381 e. The highest BCUT2D eigenvalue weighted by Gasteiger charge is 2.54. The Morgan fingerprint density at radius 3 is 2.33 bits per heavy atom. The van der Waals surface area contributed by atoms with Gasteiger partial charge in [0.15, 0.2) is 4.75 Å². The van der Waals surface area contributed by atoms with E-state index in [1.165, 1.54) is 15.9 Å². The molecule has 33 heavy (non-hydrogen) atoms. The van der Waals surface area contributed by atoms with Gasteiger partial charge in [-0.05, 0) is 18.2 Å². The number of amides is 1. The van der Waals surface area contributed by atoms with Crippen molar-refractivity contribution >= 4 is 34.2 Å². The zero-order valence-electron chi connectivity index (χ0n) is 17.8. The van der Waals surface area contributed by atoms with E-state index in [0.29, 0.717) is 30.0 Å². The molecule has 180 valence electrons. The molecule has 12 heteroatoms. The number of nitrogens with one attached hydrogen (secondary N) is 1. The van der Waals surface area contributed by atoms with Gasteiger partial charge in [-0.1, -0.05) is 18.2 Å². The maximum atomic E-state index is 14.0. The summed E-state index contributed by atoms with van der Waals surface area (Å²) < 4.78 is 45.5. The fraction of sp³-hybridized carbons (Fsp3) is 0.429. The predicted octanol–water partition coefficient (Wildman–Crippen LogP) is 1.82. The lowest BCUT2D eigenvalue weighted by Crippen LogP contribution is -2.62. The highest BCUT2D eigenvalue weighted by molar-refractivity contribution is 7.91. The van der Waals surface area contributed by atoms with E-state index >= 15 is 0 Å². The number of nitrogens with zero attached hydrogens (tertiary/aromatic N) is 3. The molecule has 2 aliphatic heterocycles. The van der Waals surface area contributed by atoms with Gasteiger partial charge in [0.25, 0.3) is 5.91 Å². The quantitative estimate of drug-likeness (QED) is 0.475. The smallest absolute Gasteiger partial charge is 0.266 e. The Bertz CT molecular complexity index is 1070. The topological polar surface area (TPSA) is 112 Å². The van der Waals surface area contributed by atoms with Gasteiger partial charge < -0.3 is 9.64 Å². The van der Waals surface area contributed by atoms with E-state index in [1.807, 2.05) is 4.90 Å². The zero-order valence-corrected chi connectivity index (χ0v) is 19.4. The number of rotatable bonds is 5. The molecule has 2 aromatic rings. The van der Waals surface area contributed by atoms with Crippen LogP contribution in [0.1, 0.15) is 12.8 Å². The molecular formula is C21H26ClFN4O5S. The van der Waals surface area contributed by atoms with Crippen LogP contribution in [0.2, 0.25) is 0 Å². The first-order valence-electron chi connectivity index (χ1n) is 10.4. The molecule has 9 nitrogen and oxygen atoms in total. The first kappa shape index (κ1) is 25.3. The number of halogens is 2. The number of benzene rings is 1. The van der Waals surface area contributed by atoms with Gasteiger partial charge in [-0.2, -0.15) is 4.31 Å². The molecule has 0 unspecified atom stereocenters. The Hall–Kier alpha value is -2.31. The number of sulfonamides is 1. The number of hydrogen-bond acceptors (Lipinski definition) is 7. The fourth-order valence-corrected chi connectivity index (χ4v) is 6.34. The van der Waals surface area contributed by atoms with Crippen molar-refractivity contribution in [2.45, 2.75) is 17.6 Å². The van der Waals surface area contributed by atoms with E-state index in [-0.39, 0.29) is 57.4 Å². The normalized spacial score (nSPS) is 18.9. The van der Waals surface area contributed by atoms with E-state index in [1.54, 1.807) is 36.5 Å². The van der Waals surface area contributed by atoms with Crippen molar-refractivity contribution in [2.75, 3.05) is 44.3 Å². The number of piperazine rings is 1. The lowest BCUT2D eigenvalue weighted by molar-refractivity contribution is -0.134. The molecule has 1 amide bonds. The number of hydroxylamine groups is 1. The van der Waals surface area contributed by atoms with Crippen molar-refractivity contribution in [1.29, 1.82) is 0 Å². The number of hydrogen-bond donors (Lipinski definition) is 2. The van der Waals surface area contributed by atoms with Crippen LogP contribution in [0, 0.1) is 5.82 Å². The number of carbonyl (C=O) groups excluding carboxylic acids is 1. The highest BCUT2D eigenvalue weighted by atomic mass is 35.5. The summed E-state index contributed by atoms with van der Waals surface area (Å²) in [6.07, 6.45) is 1.57. The SMILES string of the molecule is Cl.O=C(NO)C1(S(=O)(=O)N2CCN(c3ccc(-c4ccccc4F)cn3)CC2)CCOCC1. The molecule has 1 aromatic carbocycles. The van der Waals surface area contributed by atoms with Crippen molar-refractivity contribution < 1.29 is 27.5 Å². The van der Waals surface area contributed by atoms with Gasteiger partial charge in [0, 0.05) is 69.6 Å². The monoisotopic (exact) mass is 500 g/mol. The van der Waals surface area contributed by atoms with E-state index in [4.69, 9.17) is 9.94 Å². The summed E-state index contributed by atoms with van der Waals surface area (Å²) in [5.41, 5.74) is 2.65.